The third kappa shape index (κ3) is 2.46. The number of hydrogen-bond acceptors (Lipinski definition) is 6. The van der Waals surface area contributed by atoms with Gasteiger partial charge in [0, 0.05) is 26.2 Å². The number of amides is 1. The summed E-state index contributed by atoms with van der Waals surface area (Å²) in [6.45, 7) is 3.73. The fourth-order valence-corrected chi connectivity index (χ4v) is 3.00. The molecule has 2 unspecified atom stereocenters. The van der Waals surface area contributed by atoms with Crippen molar-refractivity contribution in [2.24, 2.45) is 5.92 Å². The Hall–Kier alpha value is -1.21. The Morgan fingerprint density at radius 3 is 2.67 bits per heavy atom. The maximum absolute atomic E-state index is 12.3. The van der Waals surface area contributed by atoms with Crippen molar-refractivity contribution in [1.82, 2.24) is 20.0 Å². The molecule has 0 radical (unpaired) electrons. The third-order valence-corrected chi connectivity index (χ3v) is 4.27. The minimum Gasteiger partial charge on any atom is -0.363 e. The van der Waals surface area contributed by atoms with Crippen molar-refractivity contribution >= 4 is 22.4 Å². The van der Waals surface area contributed by atoms with Gasteiger partial charge in [-0.25, -0.2) is 0 Å². The van der Waals surface area contributed by atoms with Gasteiger partial charge in [0.15, 0.2) is 0 Å². The van der Waals surface area contributed by atoms with Gasteiger partial charge < -0.3 is 15.1 Å². The molecule has 0 saturated carbocycles. The maximum Gasteiger partial charge on any atom is 0.284 e. The van der Waals surface area contributed by atoms with Crippen LogP contribution in [0.1, 0.15) is 16.7 Å². The molecule has 1 N–H and O–H groups in total. The van der Waals surface area contributed by atoms with E-state index < -0.39 is 0 Å². The highest BCUT2D eigenvalue weighted by Crippen LogP contribution is 2.23. The molecule has 2 heterocycles. The lowest BCUT2D eigenvalue weighted by atomic mass is 10.1. The molecule has 1 fully saturated rings. The Labute approximate surface area is 111 Å². The summed E-state index contributed by atoms with van der Waals surface area (Å²) in [5, 5.41) is 11.9. The Bertz CT molecular complexity index is 433. The van der Waals surface area contributed by atoms with Crippen molar-refractivity contribution in [1.29, 1.82) is 0 Å². The van der Waals surface area contributed by atoms with Crippen LogP contribution < -0.4 is 5.32 Å². The first-order valence-electron chi connectivity index (χ1n) is 6.00. The zero-order valence-corrected chi connectivity index (χ0v) is 12.0. The number of nitrogens with one attached hydrogen (secondary N) is 1. The summed E-state index contributed by atoms with van der Waals surface area (Å²) in [4.78, 5) is 16.3. The molecule has 6 nitrogen and oxygen atoms in total. The van der Waals surface area contributed by atoms with E-state index in [2.05, 4.69) is 41.4 Å². The highest BCUT2D eigenvalue weighted by Gasteiger charge is 2.35. The monoisotopic (exact) mass is 269 g/mol. The van der Waals surface area contributed by atoms with Crippen molar-refractivity contribution in [2.45, 2.75) is 13.0 Å². The first-order chi connectivity index (χ1) is 8.52. The van der Waals surface area contributed by atoms with Crippen molar-refractivity contribution in [3.8, 4) is 0 Å². The standard InChI is InChI=1S/C11H19N5OS/c1-7-5-16(6-8(7)15(3)4)10(17)9-13-14-11(12-2)18-9/h7-8H,5-6H2,1-4H3,(H,12,14). The number of likely N-dealkylation sites (tertiary alicyclic amines) is 1. The highest BCUT2D eigenvalue weighted by molar-refractivity contribution is 7.17. The van der Waals surface area contributed by atoms with E-state index in [1.165, 1.54) is 11.3 Å². The number of hydrogen-bond donors (Lipinski definition) is 1. The van der Waals surface area contributed by atoms with Crippen molar-refractivity contribution in [3.05, 3.63) is 5.01 Å². The van der Waals surface area contributed by atoms with E-state index in [1.807, 2.05) is 4.90 Å². The zero-order valence-electron chi connectivity index (χ0n) is 11.2. The number of likely N-dealkylation sites (N-methyl/N-ethyl adjacent to an activating group) is 1. The van der Waals surface area contributed by atoms with E-state index in [0.29, 0.717) is 22.1 Å². The zero-order chi connectivity index (χ0) is 13.3. The first kappa shape index (κ1) is 13.2. The average molecular weight is 269 g/mol. The van der Waals surface area contributed by atoms with Crippen LogP contribution >= 0.6 is 11.3 Å². The molecule has 1 aliphatic heterocycles. The topological polar surface area (TPSA) is 61.4 Å². The highest BCUT2D eigenvalue weighted by atomic mass is 32.1. The molecule has 0 bridgehead atoms. The van der Waals surface area contributed by atoms with Gasteiger partial charge >= 0.3 is 0 Å². The molecule has 1 aromatic rings. The van der Waals surface area contributed by atoms with Gasteiger partial charge in [-0.15, -0.1) is 10.2 Å². The van der Waals surface area contributed by atoms with Gasteiger partial charge in [0.25, 0.3) is 5.91 Å². The molecule has 18 heavy (non-hydrogen) atoms. The van der Waals surface area contributed by atoms with E-state index in [1.54, 1.807) is 7.05 Å². The normalized spacial score (nSPS) is 23.7. The SMILES string of the molecule is CNc1nnc(C(=O)N2CC(C)C(N(C)C)C2)s1. The molecule has 1 aromatic heterocycles. The molecule has 0 aliphatic carbocycles. The number of carbonyl (C=O) groups is 1. The lowest BCUT2D eigenvalue weighted by Gasteiger charge is -2.22. The molecule has 0 spiro atoms. The Morgan fingerprint density at radius 2 is 2.17 bits per heavy atom. The first-order valence-corrected chi connectivity index (χ1v) is 6.81. The van der Waals surface area contributed by atoms with Crippen LogP contribution in [0.25, 0.3) is 0 Å². The van der Waals surface area contributed by atoms with Gasteiger partial charge in [-0.1, -0.05) is 18.3 Å². The van der Waals surface area contributed by atoms with Crippen LogP contribution in [-0.4, -0.2) is 66.2 Å². The molecular weight excluding hydrogens is 250 g/mol. The van der Waals surface area contributed by atoms with Crippen molar-refractivity contribution in [3.63, 3.8) is 0 Å². The summed E-state index contributed by atoms with van der Waals surface area (Å²) >= 11 is 1.30. The fraction of sp³-hybridized carbons (Fsp3) is 0.727. The predicted molar refractivity (Wildman–Crippen MR) is 72.0 cm³/mol. The molecule has 2 rings (SSSR count). The fourth-order valence-electron chi connectivity index (χ4n) is 2.33. The molecule has 0 aromatic carbocycles. The number of anilines is 1. The van der Waals surface area contributed by atoms with Crippen LogP contribution in [0, 0.1) is 5.92 Å². The van der Waals surface area contributed by atoms with Gasteiger partial charge in [-0.05, 0) is 20.0 Å². The van der Waals surface area contributed by atoms with E-state index >= 15 is 0 Å². The minimum atomic E-state index is -0.00907. The molecule has 100 valence electrons. The Morgan fingerprint density at radius 1 is 1.44 bits per heavy atom. The number of rotatable bonds is 3. The second kappa shape index (κ2) is 5.19. The van der Waals surface area contributed by atoms with Crippen LogP contribution in [0.2, 0.25) is 0 Å². The Balaban J connectivity index is 2.07. The largest absolute Gasteiger partial charge is 0.363 e. The molecule has 1 amide bonds. The van der Waals surface area contributed by atoms with Gasteiger partial charge in [0.05, 0.1) is 0 Å². The third-order valence-electron chi connectivity index (χ3n) is 3.34. The van der Waals surface area contributed by atoms with Crippen LogP contribution in [-0.2, 0) is 0 Å². The minimum absolute atomic E-state index is 0.00907. The predicted octanol–water partition coefficient (Wildman–Crippen LogP) is 0.602. The van der Waals surface area contributed by atoms with E-state index in [4.69, 9.17) is 0 Å². The summed E-state index contributed by atoms with van der Waals surface area (Å²) in [6.07, 6.45) is 0. The summed E-state index contributed by atoms with van der Waals surface area (Å²) in [5.41, 5.74) is 0. The maximum atomic E-state index is 12.3. The molecular formula is C11H19N5OS. The van der Waals surface area contributed by atoms with Gasteiger partial charge in [-0.3, -0.25) is 4.79 Å². The lowest BCUT2D eigenvalue weighted by molar-refractivity contribution is 0.0780. The molecule has 1 aliphatic rings. The second-order valence-corrected chi connectivity index (χ2v) is 5.86. The molecule has 7 heteroatoms. The summed E-state index contributed by atoms with van der Waals surface area (Å²) < 4.78 is 0. The average Bonchev–Trinajstić information content (AvgIpc) is 2.94. The van der Waals surface area contributed by atoms with Crippen LogP contribution in [0.4, 0.5) is 5.13 Å². The van der Waals surface area contributed by atoms with E-state index in [9.17, 15) is 4.79 Å². The van der Waals surface area contributed by atoms with Gasteiger partial charge in [0.1, 0.15) is 0 Å². The van der Waals surface area contributed by atoms with E-state index in [0.717, 1.165) is 13.1 Å². The summed E-state index contributed by atoms with van der Waals surface area (Å²) in [6, 6.07) is 0.422. The van der Waals surface area contributed by atoms with Crippen molar-refractivity contribution < 1.29 is 4.79 Å². The Kier molecular flexibility index (Phi) is 3.82. The van der Waals surface area contributed by atoms with Crippen molar-refractivity contribution in [2.75, 3.05) is 39.5 Å². The molecule has 1 saturated heterocycles. The smallest absolute Gasteiger partial charge is 0.284 e. The lowest BCUT2D eigenvalue weighted by Crippen LogP contribution is -2.35. The van der Waals surface area contributed by atoms with E-state index in [-0.39, 0.29) is 5.91 Å². The number of carbonyl (C=O) groups excluding carboxylic acids is 1. The number of aromatic nitrogens is 2. The van der Waals surface area contributed by atoms with Crippen LogP contribution in [0.15, 0.2) is 0 Å². The van der Waals surface area contributed by atoms with Crippen LogP contribution in [0.5, 0.6) is 0 Å². The van der Waals surface area contributed by atoms with Gasteiger partial charge in [-0.2, -0.15) is 0 Å². The number of nitrogens with zero attached hydrogens (tertiary/aromatic N) is 4. The summed E-state index contributed by atoms with van der Waals surface area (Å²) in [7, 11) is 5.88. The second-order valence-electron chi connectivity index (χ2n) is 4.88. The van der Waals surface area contributed by atoms with Crippen LogP contribution in [0.3, 0.4) is 0 Å². The van der Waals surface area contributed by atoms with Gasteiger partial charge in [0.2, 0.25) is 10.1 Å². The quantitative estimate of drug-likeness (QED) is 0.871. The molecule has 2 atom stereocenters. The summed E-state index contributed by atoms with van der Waals surface area (Å²) in [5.74, 6) is 0.478.